The fraction of sp³-hybridized carbons (Fsp3) is 0.167. The number of anilines is 1. The van der Waals surface area contributed by atoms with Gasteiger partial charge in [0.05, 0.1) is 12.2 Å². The van der Waals surface area contributed by atoms with Crippen LogP contribution in [0.5, 0.6) is 0 Å². The van der Waals surface area contributed by atoms with E-state index in [1.807, 2.05) is 24.3 Å². The first kappa shape index (κ1) is 23.4. The summed E-state index contributed by atoms with van der Waals surface area (Å²) >= 11 is 0. The molecule has 2 heterocycles. The quantitative estimate of drug-likeness (QED) is 0.333. The minimum Gasteiger partial charge on any atom is -0.473 e. The van der Waals surface area contributed by atoms with Crippen LogP contribution in [0.15, 0.2) is 66.9 Å². The number of para-hydroxylation sites is 1. The molecule has 0 saturated heterocycles. The number of amides is 1. The summed E-state index contributed by atoms with van der Waals surface area (Å²) in [7, 11) is 0. The first-order valence-electron chi connectivity index (χ1n) is 10.3. The number of benzene rings is 2. The summed E-state index contributed by atoms with van der Waals surface area (Å²) in [6.45, 7) is 3.87. The Morgan fingerprint density at radius 1 is 0.909 bits per heavy atom. The number of carbonyl (C=O) groups is 3. The fourth-order valence-electron chi connectivity index (χ4n) is 3.48. The third kappa shape index (κ3) is 5.92. The first-order valence-corrected chi connectivity index (χ1v) is 10.3. The van der Waals surface area contributed by atoms with Crippen LogP contribution in [0.3, 0.4) is 0 Å². The van der Waals surface area contributed by atoms with Crippen molar-refractivity contribution in [3.63, 3.8) is 0 Å². The van der Waals surface area contributed by atoms with Gasteiger partial charge in [-0.25, -0.2) is 9.59 Å². The number of nitrogens with one attached hydrogen (secondary N) is 2. The van der Waals surface area contributed by atoms with E-state index in [-0.39, 0.29) is 12.5 Å². The lowest BCUT2D eigenvalue weighted by Crippen LogP contribution is -2.27. The molecule has 4 aromatic rings. The number of fused-ring (bicyclic) bond motifs is 3. The highest BCUT2D eigenvalue weighted by atomic mass is 16.4. The van der Waals surface area contributed by atoms with Crippen molar-refractivity contribution >= 4 is 45.3 Å². The Morgan fingerprint density at radius 3 is 2.27 bits per heavy atom. The average Bonchev–Trinajstić information content (AvgIpc) is 3.13. The Bertz CT molecular complexity index is 1270. The van der Waals surface area contributed by atoms with Gasteiger partial charge in [0.1, 0.15) is 0 Å². The highest BCUT2D eigenvalue weighted by Crippen LogP contribution is 2.30. The fourth-order valence-corrected chi connectivity index (χ4v) is 3.48. The molecule has 2 aromatic heterocycles. The molecule has 4 N–H and O–H groups in total. The third-order valence-corrected chi connectivity index (χ3v) is 4.87. The van der Waals surface area contributed by atoms with E-state index in [2.05, 4.69) is 63.5 Å². The van der Waals surface area contributed by atoms with E-state index < -0.39 is 11.9 Å². The number of carbonyl (C=O) groups excluding carboxylic acids is 1. The Hall–Kier alpha value is -4.24. The largest absolute Gasteiger partial charge is 0.473 e. The van der Waals surface area contributed by atoms with E-state index in [9.17, 15) is 4.79 Å². The predicted molar refractivity (Wildman–Crippen MR) is 125 cm³/mol. The zero-order valence-corrected chi connectivity index (χ0v) is 18.0. The lowest BCUT2D eigenvalue weighted by Gasteiger charge is -2.08. The summed E-state index contributed by atoms with van der Waals surface area (Å²) in [6.07, 6.45) is 1.75. The molecule has 0 fully saturated rings. The van der Waals surface area contributed by atoms with E-state index in [1.54, 1.807) is 6.20 Å². The normalized spacial score (nSPS) is 10.5. The topological polar surface area (TPSA) is 134 Å². The van der Waals surface area contributed by atoms with Crippen LogP contribution in [0.25, 0.3) is 21.8 Å². The van der Waals surface area contributed by atoms with Gasteiger partial charge >= 0.3 is 11.9 Å². The molecular formula is C24H24N4O5. The molecule has 0 aliphatic rings. The van der Waals surface area contributed by atoms with Gasteiger partial charge in [0.15, 0.2) is 0 Å². The van der Waals surface area contributed by atoms with Gasteiger partial charge in [-0.1, -0.05) is 24.3 Å². The number of carboxylic acid groups (broad SMARTS) is 2. The van der Waals surface area contributed by atoms with Gasteiger partial charge < -0.3 is 25.4 Å². The second kappa shape index (κ2) is 10.9. The number of rotatable bonds is 6. The molecule has 170 valence electrons. The minimum atomic E-state index is -1.82. The van der Waals surface area contributed by atoms with Crippen LogP contribution in [-0.4, -0.2) is 44.2 Å². The Balaban J connectivity index is 0.000000454. The molecule has 0 bridgehead atoms. The van der Waals surface area contributed by atoms with Crippen LogP contribution in [0.1, 0.15) is 12.6 Å². The molecule has 9 heteroatoms. The van der Waals surface area contributed by atoms with Crippen molar-refractivity contribution in [2.75, 3.05) is 11.9 Å². The Kier molecular flexibility index (Phi) is 7.72. The molecule has 1 amide bonds. The second-order valence-electron chi connectivity index (χ2n) is 7.08. The predicted octanol–water partition coefficient (Wildman–Crippen LogP) is 3.09. The molecule has 0 saturated carbocycles. The van der Waals surface area contributed by atoms with Crippen molar-refractivity contribution in [3.05, 3.63) is 72.6 Å². The maximum atomic E-state index is 12.3. The van der Waals surface area contributed by atoms with E-state index in [1.165, 1.54) is 16.4 Å². The number of hydrogen-bond donors (Lipinski definition) is 4. The molecule has 0 unspecified atom stereocenters. The van der Waals surface area contributed by atoms with E-state index in [4.69, 9.17) is 19.8 Å². The zero-order chi connectivity index (χ0) is 23.8. The molecule has 0 atom stereocenters. The van der Waals surface area contributed by atoms with Crippen LogP contribution in [-0.2, 0) is 27.5 Å². The van der Waals surface area contributed by atoms with Crippen molar-refractivity contribution in [3.8, 4) is 0 Å². The number of carboxylic acids is 2. The smallest absolute Gasteiger partial charge is 0.414 e. The third-order valence-electron chi connectivity index (χ3n) is 4.87. The molecular weight excluding hydrogens is 424 g/mol. The van der Waals surface area contributed by atoms with Crippen LogP contribution >= 0.6 is 0 Å². The van der Waals surface area contributed by atoms with Gasteiger partial charge in [-0.05, 0) is 43.3 Å². The molecule has 0 aliphatic carbocycles. The number of pyridine rings is 1. The first-order chi connectivity index (χ1) is 15.9. The summed E-state index contributed by atoms with van der Waals surface area (Å²) in [5.74, 6) is -3.71. The van der Waals surface area contributed by atoms with Crippen LogP contribution in [0.4, 0.5) is 5.69 Å². The van der Waals surface area contributed by atoms with Gasteiger partial charge in [0, 0.05) is 46.8 Å². The highest BCUT2D eigenvalue weighted by molar-refractivity contribution is 6.27. The van der Waals surface area contributed by atoms with Crippen LogP contribution in [0, 0.1) is 0 Å². The Labute approximate surface area is 189 Å². The zero-order valence-electron chi connectivity index (χ0n) is 18.0. The molecule has 0 aliphatic heterocycles. The average molecular weight is 448 g/mol. The lowest BCUT2D eigenvalue weighted by molar-refractivity contribution is -0.159. The molecule has 0 spiro atoms. The van der Waals surface area contributed by atoms with Crippen molar-refractivity contribution in [1.82, 2.24) is 14.9 Å². The van der Waals surface area contributed by atoms with Crippen molar-refractivity contribution < 1.29 is 24.6 Å². The molecule has 9 nitrogen and oxygen atoms in total. The summed E-state index contributed by atoms with van der Waals surface area (Å²) in [6, 6.07) is 20.2. The van der Waals surface area contributed by atoms with Gasteiger partial charge in [0.2, 0.25) is 5.91 Å². The molecule has 2 aromatic carbocycles. The van der Waals surface area contributed by atoms with E-state index in [0.29, 0.717) is 6.54 Å². The van der Waals surface area contributed by atoms with E-state index in [0.717, 1.165) is 23.3 Å². The molecule has 4 rings (SSSR count). The van der Waals surface area contributed by atoms with Crippen LogP contribution in [0.2, 0.25) is 0 Å². The van der Waals surface area contributed by atoms with Crippen molar-refractivity contribution in [1.29, 1.82) is 0 Å². The lowest BCUT2D eigenvalue weighted by atomic mass is 10.1. The number of aliphatic carboxylic acids is 2. The van der Waals surface area contributed by atoms with Gasteiger partial charge in [-0.2, -0.15) is 0 Å². The number of nitrogens with zero attached hydrogens (tertiary/aromatic N) is 2. The van der Waals surface area contributed by atoms with E-state index >= 15 is 0 Å². The van der Waals surface area contributed by atoms with Crippen molar-refractivity contribution in [2.45, 2.75) is 20.0 Å². The van der Waals surface area contributed by atoms with Gasteiger partial charge in [0.25, 0.3) is 0 Å². The highest BCUT2D eigenvalue weighted by Gasteiger charge is 2.10. The SMILES string of the molecule is CCn1c2ccccc2c2cc(NC(=O)CNCc3ccccn3)ccc21.O=C(O)C(=O)O. The maximum absolute atomic E-state index is 12.3. The molecule has 0 radical (unpaired) electrons. The monoisotopic (exact) mass is 448 g/mol. The minimum absolute atomic E-state index is 0.0653. The van der Waals surface area contributed by atoms with Gasteiger partial charge in [-0.15, -0.1) is 0 Å². The second-order valence-corrected chi connectivity index (χ2v) is 7.08. The number of aryl methyl sites for hydroxylation is 1. The number of hydrogen-bond acceptors (Lipinski definition) is 5. The summed E-state index contributed by atoms with van der Waals surface area (Å²) in [5, 5.41) is 23.3. The maximum Gasteiger partial charge on any atom is 0.414 e. The standard InChI is InChI=1S/C22H22N4O.C2H2O4/c1-2-26-20-9-4-3-8-18(20)19-13-16(10-11-21(19)26)25-22(27)15-23-14-17-7-5-6-12-24-17;3-1(4)2(5)6/h3-13,23H,2,14-15H2,1H3,(H,25,27);(H,3,4)(H,5,6). The Morgan fingerprint density at radius 2 is 1.61 bits per heavy atom. The summed E-state index contributed by atoms with van der Waals surface area (Å²) < 4.78 is 2.30. The summed E-state index contributed by atoms with van der Waals surface area (Å²) in [5.41, 5.74) is 4.13. The summed E-state index contributed by atoms with van der Waals surface area (Å²) in [4.78, 5) is 34.7. The van der Waals surface area contributed by atoms with Crippen LogP contribution < -0.4 is 10.6 Å². The number of aromatic nitrogens is 2. The molecule has 33 heavy (non-hydrogen) atoms. The van der Waals surface area contributed by atoms with Gasteiger partial charge in [-0.3, -0.25) is 9.78 Å². The van der Waals surface area contributed by atoms with Crippen molar-refractivity contribution in [2.24, 2.45) is 0 Å².